The van der Waals surface area contributed by atoms with Crippen molar-refractivity contribution in [1.82, 2.24) is 0 Å². The summed E-state index contributed by atoms with van der Waals surface area (Å²) in [6, 6.07) is 6.79. The summed E-state index contributed by atoms with van der Waals surface area (Å²) in [5.41, 5.74) is 0.634. The van der Waals surface area contributed by atoms with Crippen LogP contribution in [0.4, 0.5) is 0 Å². The molecule has 1 fully saturated rings. The van der Waals surface area contributed by atoms with Crippen LogP contribution in [0.25, 0.3) is 0 Å². The molecule has 1 unspecified atom stereocenters. The number of ether oxygens (including phenoxy) is 3. The summed E-state index contributed by atoms with van der Waals surface area (Å²) >= 11 is 0. The van der Waals surface area contributed by atoms with E-state index in [1.165, 1.54) is 0 Å². The zero-order valence-corrected chi connectivity index (χ0v) is 8.23. The second kappa shape index (κ2) is 5.14. The Hall–Kier alpha value is -1.06. The first kappa shape index (κ1) is 5.87. The Morgan fingerprint density at radius 1 is 1.53 bits per heavy atom. The summed E-state index contributed by atoms with van der Waals surface area (Å²) < 4.78 is 50.8. The van der Waals surface area contributed by atoms with Gasteiger partial charge in [-0.25, -0.2) is 0 Å². The molecule has 0 spiro atoms. The van der Waals surface area contributed by atoms with E-state index in [-0.39, 0.29) is 12.5 Å². The smallest absolute Gasteiger partial charge is 0.119 e. The molecule has 0 bridgehead atoms. The van der Waals surface area contributed by atoms with Gasteiger partial charge in [0.1, 0.15) is 18.5 Å². The average molecular weight is 213 g/mol. The molecule has 1 aliphatic heterocycles. The van der Waals surface area contributed by atoms with E-state index in [0.29, 0.717) is 17.9 Å². The molecule has 3 heteroatoms. The van der Waals surface area contributed by atoms with Crippen molar-refractivity contribution in [3.05, 3.63) is 29.8 Å². The van der Waals surface area contributed by atoms with Crippen molar-refractivity contribution >= 4 is 0 Å². The van der Waals surface area contributed by atoms with E-state index >= 15 is 0 Å². The van der Waals surface area contributed by atoms with Gasteiger partial charge in [0.05, 0.1) is 20.0 Å². The van der Waals surface area contributed by atoms with E-state index in [0.717, 1.165) is 6.61 Å². The number of aryl methyl sites for hydroxylation is 1. The van der Waals surface area contributed by atoms with Crippen LogP contribution < -0.4 is 4.74 Å². The third kappa shape index (κ3) is 3.53. The molecule has 82 valence electrons. The van der Waals surface area contributed by atoms with Crippen LogP contribution in [-0.2, 0) is 15.9 Å². The summed E-state index contributed by atoms with van der Waals surface area (Å²) in [6.45, 7) is -1.01. The maximum Gasteiger partial charge on any atom is 0.119 e. The van der Waals surface area contributed by atoms with Crippen molar-refractivity contribution in [1.29, 1.82) is 0 Å². The lowest BCUT2D eigenvalue weighted by molar-refractivity contribution is 0.202. The highest BCUT2D eigenvalue weighted by atomic mass is 16.6. The number of rotatable bonds is 6. The Morgan fingerprint density at radius 2 is 2.33 bits per heavy atom. The Balaban J connectivity index is 1.88. The van der Waals surface area contributed by atoms with Crippen molar-refractivity contribution in [2.75, 3.05) is 26.8 Å². The maximum atomic E-state index is 7.56. The topological polar surface area (TPSA) is 31.0 Å². The van der Waals surface area contributed by atoms with Gasteiger partial charge in [-0.3, -0.25) is 0 Å². The molecule has 3 nitrogen and oxygen atoms in total. The van der Waals surface area contributed by atoms with Gasteiger partial charge in [0.15, 0.2) is 0 Å². The monoisotopic (exact) mass is 213 g/mol. The van der Waals surface area contributed by atoms with Gasteiger partial charge < -0.3 is 14.2 Å². The molecule has 1 aliphatic rings. The lowest BCUT2D eigenvalue weighted by Crippen LogP contribution is -2.04. The molecule has 15 heavy (non-hydrogen) atoms. The molecule has 0 radical (unpaired) electrons. The van der Waals surface area contributed by atoms with Crippen LogP contribution in [0.15, 0.2) is 24.3 Å². The molecule has 1 saturated heterocycles. The zero-order chi connectivity index (χ0) is 14.8. The third-order valence-corrected chi connectivity index (χ3v) is 2.11. The first-order chi connectivity index (χ1) is 9.23. The van der Waals surface area contributed by atoms with Gasteiger partial charge in [-0.2, -0.15) is 0 Å². The van der Waals surface area contributed by atoms with Gasteiger partial charge >= 0.3 is 0 Å². The summed E-state index contributed by atoms with van der Waals surface area (Å²) in [5, 5.41) is 0. The SMILES string of the molecule is [2H]C([2H])([2H])OC([2H])([2H])Cc1ccc(OCC2CO2)cc1. The minimum atomic E-state index is -2.75. The van der Waals surface area contributed by atoms with Gasteiger partial charge in [0, 0.05) is 7.04 Å². The van der Waals surface area contributed by atoms with E-state index in [2.05, 4.69) is 4.74 Å². The van der Waals surface area contributed by atoms with Crippen LogP contribution in [0, 0.1) is 0 Å². The number of methoxy groups -OCH3 is 1. The summed E-state index contributed by atoms with van der Waals surface area (Å²) in [4.78, 5) is 0. The van der Waals surface area contributed by atoms with Crippen LogP contribution in [0.2, 0.25) is 0 Å². The van der Waals surface area contributed by atoms with E-state index in [9.17, 15) is 0 Å². The third-order valence-electron chi connectivity index (χ3n) is 2.11. The highest BCUT2D eigenvalue weighted by Gasteiger charge is 2.22. The van der Waals surface area contributed by atoms with Crippen molar-refractivity contribution in [3.63, 3.8) is 0 Å². The molecule has 2 rings (SSSR count). The molecule has 0 saturated carbocycles. The zero-order valence-electron chi connectivity index (χ0n) is 13.2. The summed E-state index contributed by atoms with van der Waals surface area (Å²) in [7, 11) is -2.75. The van der Waals surface area contributed by atoms with Crippen LogP contribution in [0.5, 0.6) is 5.75 Å². The van der Waals surface area contributed by atoms with E-state index in [1.807, 2.05) is 0 Å². The molecular weight excluding hydrogens is 192 g/mol. The Kier molecular flexibility index (Phi) is 2.01. The molecule has 0 aromatic heterocycles. The van der Waals surface area contributed by atoms with Crippen LogP contribution in [0.3, 0.4) is 0 Å². The van der Waals surface area contributed by atoms with Gasteiger partial charge in [0.2, 0.25) is 0 Å². The van der Waals surface area contributed by atoms with Crippen molar-refractivity contribution in [2.45, 2.75) is 12.5 Å². The second-order valence-corrected chi connectivity index (χ2v) is 3.33. The van der Waals surface area contributed by atoms with Crippen molar-refractivity contribution in [3.8, 4) is 5.75 Å². The Morgan fingerprint density at radius 3 is 3.00 bits per heavy atom. The second-order valence-electron chi connectivity index (χ2n) is 3.33. The Bertz CT molecular complexity index is 439. The first-order valence-electron chi connectivity index (χ1n) is 7.27. The van der Waals surface area contributed by atoms with Gasteiger partial charge in [-0.15, -0.1) is 0 Å². The lowest BCUT2D eigenvalue weighted by atomic mass is 10.1. The fourth-order valence-electron chi connectivity index (χ4n) is 1.18. The summed E-state index contributed by atoms with van der Waals surface area (Å²) in [6.07, 6.45) is 0.0358. The number of hydrogen-bond donors (Lipinski definition) is 0. The molecule has 1 heterocycles. The Labute approximate surface area is 97.0 Å². The minimum absolute atomic E-state index is 0.141. The predicted octanol–water partition coefficient (Wildman–Crippen LogP) is 1.65. The lowest BCUT2D eigenvalue weighted by Gasteiger charge is -2.05. The maximum absolute atomic E-state index is 7.56. The van der Waals surface area contributed by atoms with E-state index in [1.54, 1.807) is 24.3 Å². The van der Waals surface area contributed by atoms with Crippen molar-refractivity contribution in [2.24, 2.45) is 0 Å². The predicted molar refractivity (Wildman–Crippen MR) is 57.3 cm³/mol. The fraction of sp³-hybridized carbons (Fsp3) is 0.500. The largest absolute Gasteiger partial charge is 0.491 e. The molecule has 1 aromatic rings. The molecule has 0 aliphatic carbocycles. The molecule has 0 amide bonds. The number of hydrogen-bond acceptors (Lipinski definition) is 3. The van der Waals surface area contributed by atoms with Crippen LogP contribution in [-0.4, -0.2) is 32.9 Å². The number of epoxide rings is 1. The van der Waals surface area contributed by atoms with Gasteiger partial charge in [0.25, 0.3) is 0 Å². The quantitative estimate of drug-likeness (QED) is 0.673. The average Bonchev–Trinajstić information content (AvgIpc) is 3.08. The molecule has 1 atom stereocenters. The van der Waals surface area contributed by atoms with E-state index < -0.39 is 13.6 Å². The summed E-state index contributed by atoms with van der Waals surface area (Å²) in [5.74, 6) is 0.668. The minimum Gasteiger partial charge on any atom is -0.491 e. The molecular formula is C12H16O3. The first-order valence-corrected chi connectivity index (χ1v) is 4.77. The van der Waals surface area contributed by atoms with Crippen molar-refractivity contribution < 1.29 is 21.1 Å². The van der Waals surface area contributed by atoms with Gasteiger partial charge in [-0.1, -0.05) is 12.1 Å². The van der Waals surface area contributed by atoms with Crippen LogP contribution in [0.1, 0.15) is 12.4 Å². The molecule has 0 N–H and O–H groups in total. The normalized spacial score (nSPS) is 25.6. The standard InChI is InChI=1S/C12H16O3/c1-13-7-6-10-2-4-11(5-3-10)14-8-12-9-15-12/h2-5,12H,6-9H2,1H3/i1D3,7D2. The van der Waals surface area contributed by atoms with Gasteiger partial charge in [-0.05, 0) is 24.1 Å². The van der Waals surface area contributed by atoms with E-state index in [4.69, 9.17) is 16.3 Å². The number of benzene rings is 1. The van der Waals surface area contributed by atoms with Crippen LogP contribution >= 0.6 is 0 Å². The fourth-order valence-corrected chi connectivity index (χ4v) is 1.18. The highest BCUT2D eigenvalue weighted by molar-refractivity contribution is 5.27. The molecule has 1 aromatic carbocycles. The highest BCUT2D eigenvalue weighted by Crippen LogP contribution is 2.15.